The number of sulfonamides is 1. The predicted octanol–water partition coefficient (Wildman–Crippen LogP) is 1.14. The zero-order valence-electron chi connectivity index (χ0n) is 8.43. The summed E-state index contributed by atoms with van der Waals surface area (Å²) in [6.45, 7) is 0. The molecule has 0 spiro atoms. The molecular formula is C10H12ClNO3S. The van der Waals surface area contributed by atoms with Crippen LogP contribution in [-0.2, 0) is 10.0 Å². The van der Waals surface area contributed by atoms with E-state index in [0.717, 1.165) is 0 Å². The lowest BCUT2D eigenvalue weighted by Gasteiger charge is -2.31. The first-order valence-corrected chi connectivity index (χ1v) is 6.79. The Labute approximate surface area is 99.3 Å². The zero-order chi connectivity index (χ0) is 11.8. The third kappa shape index (κ3) is 2.55. The van der Waals surface area contributed by atoms with Crippen LogP contribution < -0.4 is 4.72 Å². The van der Waals surface area contributed by atoms with Crippen LogP contribution in [0.1, 0.15) is 12.8 Å². The topological polar surface area (TPSA) is 66.4 Å². The van der Waals surface area contributed by atoms with Crippen molar-refractivity contribution in [3.05, 3.63) is 29.3 Å². The maximum absolute atomic E-state index is 11.8. The van der Waals surface area contributed by atoms with Crippen molar-refractivity contribution in [2.75, 3.05) is 0 Å². The summed E-state index contributed by atoms with van der Waals surface area (Å²) >= 11 is 5.68. The number of hydrogen-bond acceptors (Lipinski definition) is 3. The third-order valence-corrected chi connectivity index (χ3v) is 4.35. The lowest BCUT2D eigenvalue weighted by molar-refractivity contribution is 0.0712. The van der Waals surface area contributed by atoms with E-state index in [1.165, 1.54) is 24.3 Å². The van der Waals surface area contributed by atoms with Crippen molar-refractivity contribution in [1.82, 2.24) is 4.72 Å². The van der Waals surface area contributed by atoms with Gasteiger partial charge in [0.05, 0.1) is 11.0 Å². The minimum atomic E-state index is -3.48. The molecule has 6 heteroatoms. The first-order valence-electron chi connectivity index (χ1n) is 4.93. The Morgan fingerprint density at radius 3 is 2.31 bits per heavy atom. The Bertz CT molecular complexity index is 465. The maximum atomic E-state index is 11.8. The van der Waals surface area contributed by atoms with Gasteiger partial charge in [0.1, 0.15) is 0 Å². The minimum absolute atomic E-state index is 0.157. The molecule has 0 saturated heterocycles. The molecule has 1 aliphatic carbocycles. The number of hydrogen-bond donors (Lipinski definition) is 2. The molecule has 0 atom stereocenters. The molecule has 2 N–H and O–H groups in total. The van der Waals surface area contributed by atoms with E-state index in [-0.39, 0.29) is 17.0 Å². The Kier molecular flexibility index (Phi) is 3.21. The smallest absolute Gasteiger partial charge is 0.240 e. The van der Waals surface area contributed by atoms with Gasteiger partial charge in [0, 0.05) is 11.1 Å². The van der Waals surface area contributed by atoms with Crippen molar-refractivity contribution < 1.29 is 13.5 Å². The molecule has 0 amide bonds. The highest BCUT2D eigenvalue weighted by Gasteiger charge is 2.31. The molecule has 1 aliphatic rings. The van der Waals surface area contributed by atoms with Crippen molar-refractivity contribution in [1.29, 1.82) is 0 Å². The van der Waals surface area contributed by atoms with E-state index < -0.39 is 10.0 Å². The van der Waals surface area contributed by atoms with Gasteiger partial charge in [-0.3, -0.25) is 0 Å². The molecule has 16 heavy (non-hydrogen) atoms. The molecule has 0 aromatic heterocycles. The zero-order valence-corrected chi connectivity index (χ0v) is 10.0. The third-order valence-electron chi connectivity index (χ3n) is 2.56. The van der Waals surface area contributed by atoms with E-state index >= 15 is 0 Å². The number of aliphatic hydroxyl groups excluding tert-OH is 1. The van der Waals surface area contributed by atoms with Crippen LogP contribution in [0.2, 0.25) is 5.02 Å². The van der Waals surface area contributed by atoms with Gasteiger partial charge in [0.2, 0.25) is 10.0 Å². The molecule has 1 aromatic rings. The first-order chi connectivity index (χ1) is 7.47. The molecule has 1 saturated carbocycles. The van der Waals surface area contributed by atoms with E-state index in [0.29, 0.717) is 17.9 Å². The van der Waals surface area contributed by atoms with Gasteiger partial charge in [-0.1, -0.05) is 11.6 Å². The van der Waals surface area contributed by atoms with Crippen LogP contribution in [0.4, 0.5) is 0 Å². The average Bonchev–Trinajstić information content (AvgIpc) is 2.15. The summed E-state index contributed by atoms with van der Waals surface area (Å²) in [7, 11) is -3.48. The van der Waals surface area contributed by atoms with E-state index in [9.17, 15) is 8.42 Å². The monoisotopic (exact) mass is 261 g/mol. The van der Waals surface area contributed by atoms with Gasteiger partial charge in [0.25, 0.3) is 0 Å². The predicted molar refractivity (Wildman–Crippen MR) is 60.8 cm³/mol. The maximum Gasteiger partial charge on any atom is 0.240 e. The van der Waals surface area contributed by atoms with Crippen LogP contribution in [-0.4, -0.2) is 25.7 Å². The Morgan fingerprint density at radius 1 is 1.25 bits per heavy atom. The SMILES string of the molecule is O=S(=O)(NC1CC(O)C1)c1ccc(Cl)cc1. The van der Waals surface area contributed by atoms with Gasteiger partial charge in [-0.15, -0.1) is 0 Å². The fourth-order valence-electron chi connectivity index (χ4n) is 1.59. The molecule has 4 nitrogen and oxygen atoms in total. The summed E-state index contributed by atoms with van der Waals surface area (Å²) in [6, 6.07) is 5.83. The van der Waals surface area contributed by atoms with Crippen molar-refractivity contribution in [3.63, 3.8) is 0 Å². The summed E-state index contributed by atoms with van der Waals surface area (Å²) in [5.41, 5.74) is 0. The summed E-state index contributed by atoms with van der Waals surface area (Å²) in [5, 5.41) is 9.57. The number of aliphatic hydroxyl groups is 1. The Hall–Kier alpha value is -0.620. The summed E-state index contributed by atoms with van der Waals surface area (Å²) in [5.74, 6) is 0. The highest BCUT2D eigenvalue weighted by molar-refractivity contribution is 7.89. The number of benzene rings is 1. The molecule has 0 radical (unpaired) electrons. The van der Waals surface area contributed by atoms with Crippen molar-refractivity contribution in [2.45, 2.75) is 29.9 Å². The van der Waals surface area contributed by atoms with Gasteiger partial charge in [-0.25, -0.2) is 13.1 Å². The normalized spacial score (nSPS) is 25.1. The van der Waals surface area contributed by atoms with Gasteiger partial charge in [-0.05, 0) is 37.1 Å². The van der Waals surface area contributed by atoms with Gasteiger partial charge < -0.3 is 5.11 Å². The average molecular weight is 262 g/mol. The quantitative estimate of drug-likeness (QED) is 0.858. The molecule has 0 bridgehead atoms. The molecule has 1 aromatic carbocycles. The lowest BCUT2D eigenvalue weighted by Crippen LogP contribution is -2.46. The Balaban J connectivity index is 2.10. The molecule has 1 fully saturated rings. The van der Waals surface area contributed by atoms with Gasteiger partial charge >= 0.3 is 0 Å². The molecule has 2 rings (SSSR count). The van der Waals surface area contributed by atoms with E-state index in [1.54, 1.807) is 0 Å². The van der Waals surface area contributed by atoms with Gasteiger partial charge in [-0.2, -0.15) is 0 Å². The molecule has 0 unspecified atom stereocenters. The standard InChI is InChI=1S/C10H12ClNO3S/c11-7-1-3-10(4-2-7)16(14,15)12-8-5-9(13)6-8/h1-4,8-9,12-13H,5-6H2. The number of nitrogens with one attached hydrogen (secondary N) is 1. The second-order valence-corrected chi connectivity index (χ2v) is 6.05. The highest BCUT2D eigenvalue weighted by atomic mass is 35.5. The lowest BCUT2D eigenvalue weighted by atomic mass is 9.91. The van der Waals surface area contributed by atoms with Crippen LogP contribution in [0.3, 0.4) is 0 Å². The van der Waals surface area contributed by atoms with Crippen LogP contribution in [0.5, 0.6) is 0 Å². The van der Waals surface area contributed by atoms with Gasteiger partial charge in [0.15, 0.2) is 0 Å². The van der Waals surface area contributed by atoms with Crippen molar-refractivity contribution in [2.24, 2.45) is 0 Å². The second kappa shape index (κ2) is 4.33. The first kappa shape index (κ1) is 11.9. The van der Waals surface area contributed by atoms with Crippen molar-refractivity contribution >= 4 is 21.6 Å². The summed E-state index contributed by atoms with van der Waals surface area (Å²) < 4.78 is 26.2. The molecule has 0 heterocycles. The van der Waals surface area contributed by atoms with Crippen LogP contribution in [0, 0.1) is 0 Å². The fraction of sp³-hybridized carbons (Fsp3) is 0.400. The molecule has 0 aliphatic heterocycles. The second-order valence-electron chi connectivity index (χ2n) is 3.90. The van der Waals surface area contributed by atoms with E-state index in [4.69, 9.17) is 16.7 Å². The summed E-state index contributed by atoms with van der Waals surface area (Å²) in [4.78, 5) is 0.193. The summed E-state index contributed by atoms with van der Waals surface area (Å²) in [6.07, 6.45) is 0.581. The molecular weight excluding hydrogens is 250 g/mol. The Morgan fingerprint density at radius 2 is 1.81 bits per heavy atom. The van der Waals surface area contributed by atoms with E-state index in [1.807, 2.05) is 0 Å². The van der Waals surface area contributed by atoms with Crippen LogP contribution in [0.25, 0.3) is 0 Å². The van der Waals surface area contributed by atoms with Crippen molar-refractivity contribution in [3.8, 4) is 0 Å². The number of halogens is 1. The number of rotatable bonds is 3. The van der Waals surface area contributed by atoms with E-state index in [2.05, 4.69) is 4.72 Å². The van der Waals surface area contributed by atoms with Crippen LogP contribution >= 0.6 is 11.6 Å². The minimum Gasteiger partial charge on any atom is -0.393 e. The van der Waals surface area contributed by atoms with Crippen LogP contribution in [0.15, 0.2) is 29.2 Å². The fourth-order valence-corrected chi connectivity index (χ4v) is 2.97. The molecule has 88 valence electrons. The largest absolute Gasteiger partial charge is 0.393 e. The highest BCUT2D eigenvalue weighted by Crippen LogP contribution is 2.22.